The maximum absolute atomic E-state index is 11.0. The molecular formula is C10H6BrCl2N5O2. The molecule has 0 atom stereocenters. The molecule has 7 nitrogen and oxygen atoms in total. The second kappa shape index (κ2) is 5.78. The Bertz CT molecular complexity index is 698. The van der Waals surface area contributed by atoms with Crippen LogP contribution >= 0.6 is 39.1 Å². The number of hydrogen-bond acceptors (Lipinski definition) is 6. The summed E-state index contributed by atoms with van der Waals surface area (Å²) in [7, 11) is 0. The minimum absolute atomic E-state index is 0.0669. The standard InChI is InChI=1S/C10H6BrCl2N5O2/c11-4-1-2-5(7(13)6(4)12)17-10-8(18(19)20)9(14)15-3-16-10/h1-3H,(H3,14,15,16,17). The lowest BCUT2D eigenvalue weighted by Gasteiger charge is -2.10. The predicted molar refractivity (Wildman–Crippen MR) is 80.5 cm³/mol. The number of benzene rings is 1. The van der Waals surface area contributed by atoms with E-state index in [1.807, 2.05) is 0 Å². The van der Waals surface area contributed by atoms with Gasteiger partial charge in [0.05, 0.1) is 20.7 Å². The first-order valence-corrected chi connectivity index (χ1v) is 6.62. The molecule has 0 spiro atoms. The van der Waals surface area contributed by atoms with Gasteiger partial charge < -0.3 is 11.1 Å². The molecule has 1 aromatic heterocycles. The Morgan fingerprint density at radius 1 is 1.30 bits per heavy atom. The second-order valence-corrected chi connectivity index (χ2v) is 5.17. The smallest absolute Gasteiger partial charge is 0.353 e. The number of halogens is 3. The van der Waals surface area contributed by atoms with E-state index in [2.05, 4.69) is 31.2 Å². The van der Waals surface area contributed by atoms with Gasteiger partial charge in [-0.05, 0) is 28.1 Å². The summed E-state index contributed by atoms with van der Waals surface area (Å²) >= 11 is 15.2. The van der Waals surface area contributed by atoms with Gasteiger partial charge in [0.15, 0.2) is 0 Å². The average Bonchev–Trinajstić information content (AvgIpc) is 2.39. The van der Waals surface area contributed by atoms with Crippen LogP contribution in [0.2, 0.25) is 10.0 Å². The van der Waals surface area contributed by atoms with Gasteiger partial charge in [0.1, 0.15) is 6.33 Å². The average molecular weight is 379 g/mol. The van der Waals surface area contributed by atoms with Crippen LogP contribution in [-0.4, -0.2) is 14.9 Å². The Hall–Kier alpha value is -1.64. The van der Waals surface area contributed by atoms with Crippen molar-refractivity contribution in [2.45, 2.75) is 0 Å². The molecule has 20 heavy (non-hydrogen) atoms. The zero-order valence-corrected chi connectivity index (χ0v) is 12.7. The van der Waals surface area contributed by atoms with Crippen LogP contribution in [0.15, 0.2) is 22.9 Å². The number of nitrogens with two attached hydrogens (primary N) is 1. The van der Waals surface area contributed by atoms with E-state index >= 15 is 0 Å². The van der Waals surface area contributed by atoms with Gasteiger partial charge in [-0.2, -0.15) is 0 Å². The normalized spacial score (nSPS) is 10.3. The number of anilines is 3. The second-order valence-electron chi connectivity index (χ2n) is 3.56. The Morgan fingerprint density at radius 2 is 2.00 bits per heavy atom. The summed E-state index contributed by atoms with van der Waals surface area (Å²) in [5.74, 6) is -0.311. The lowest BCUT2D eigenvalue weighted by molar-refractivity contribution is -0.383. The fraction of sp³-hybridized carbons (Fsp3) is 0. The van der Waals surface area contributed by atoms with Crippen LogP contribution in [-0.2, 0) is 0 Å². The van der Waals surface area contributed by atoms with Gasteiger partial charge in [-0.15, -0.1) is 0 Å². The summed E-state index contributed by atoms with van der Waals surface area (Å²) in [4.78, 5) is 17.7. The van der Waals surface area contributed by atoms with E-state index in [0.29, 0.717) is 10.2 Å². The minimum atomic E-state index is -0.675. The highest BCUT2D eigenvalue weighted by Gasteiger charge is 2.22. The van der Waals surface area contributed by atoms with Gasteiger partial charge in [-0.1, -0.05) is 23.2 Å². The van der Waals surface area contributed by atoms with Crippen LogP contribution in [0.4, 0.5) is 23.0 Å². The Labute approximate surface area is 131 Å². The van der Waals surface area contributed by atoms with Gasteiger partial charge >= 0.3 is 5.69 Å². The summed E-state index contributed by atoms with van der Waals surface area (Å²) in [6.45, 7) is 0. The molecule has 1 aromatic carbocycles. The molecule has 2 aromatic rings. The molecule has 0 aliphatic carbocycles. The lowest BCUT2D eigenvalue weighted by atomic mass is 10.3. The summed E-state index contributed by atoms with van der Waals surface area (Å²) in [6, 6.07) is 3.24. The van der Waals surface area contributed by atoms with Crippen molar-refractivity contribution >= 4 is 62.1 Å². The van der Waals surface area contributed by atoms with Crippen molar-refractivity contribution in [3.63, 3.8) is 0 Å². The van der Waals surface area contributed by atoms with Crippen LogP contribution in [0.5, 0.6) is 0 Å². The van der Waals surface area contributed by atoms with Crippen molar-refractivity contribution in [1.82, 2.24) is 9.97 Å². The van der Waals surface area contributed by atoms with Gasteiger partial charge in [0.2, 0.25) is 11.6 Å². The molecule has 0 saturated carbocycles. The van der Waals surface area contributed by atoms with Gasteiger partial charge in [0, 0.05) is 4.47 Å². The first-order chi connectivity index (χ1) is 9.41. The van der Waals surface area contributed by atoms with Gasteiger partial charge in [-0.25, -0.2) is 9.97 Å². The van der Waals surface area contributed by atoms with E-state index in [1.165, 1.54) is 0 Å². The monoisotopic (exact) mass is 377 g/mol. The number of aromatic nitrogens is 2. The van der Waals surface area contributed by atoms with Crippen molar-refractivity contribution in [2.75, 3.05) is 11.1 Å². The zero-order valence-electron chi connectivity index (χ0n) is 9.60. The highest BCUT2D eigenvalue weighted by atomic mass is 79.9. The molecule has 2 rings (SSSR count). The molecule has 104 valence electrons. The van der Waals surface area contributed by atoms with Crippen molar-refractivity contribution in [1.29, 1.82) is 0 Å². The Kier molecular flexibility index (Phi) is 4.26. The maximum Gasteiger partial charge on any atom is 0.353 e. The number of nitrogens with one attached hydrogen (secondary N) is 1. The highest BCUT2D eigenvalue weighted by Crippen LogP contribution is 2.38. The first kappa shape index (κ1) is 14.8. The van der Waals surface area contributed by atoms with E-state index in [9.17, 15) is 10.1 Å². The largest absolute Gasteiger partial charge is 0.378 e. The van der Waals surface area contributed by atoms with E-state index < -0.39 is 10.6 Å². The third kappa shape index (κ3) is 2.77. The van der Waals surface area contributed by atoms with Crippen LogP contribution in [0.1, 0.15) is 0 Å². The van der Waals surface area contributed by atoms with Gasteiger partial charge in [0.25, 0.3) is 0 Å². The minimum Gasteiger partial charge on any atom is -0.378 e. The molecular weight excluding hydrogens is 373 g/mol. The molecule has 10 heteroatoms. The van der Waals surface area contributed by atoms with Crippen molar-refractivity contribution < 1.29 is 4.92 Å². The molecule has 0 fully saturated rings. The molecule has 1 heterocycles. The molecule has 0 amide bonds. The number of nitrogens with zero attached hydrogens (tertiary/aromatic N) is 3. The lowest BCUT2D eigenvalue weighted by Crippen LogP contribution is -2.05. The van der Waals surface area contributed by atoms with Gasteiger partial charge in [-0.3, -0.25) is 10.1 Å². The molecule has 0 unspecified atom stereocenters. The number of hydrogen-bond donors (Lipinski definition) is 2. The quantitative estimate of drug-likeness (QED) is 0.478. The zero-order chi connectivity index (χ0) is 14.9. The van der Waals surface area contributed by atoms with Crippen molar-refractivity contribution in [3.8, 4) is 0 Å². The predicted octanol–water partition coefficient (Wildman–Crippen LogP) is 3.78. The van der Waals surface area contributed by atoms with E-state index in [4.69, 9.17) is 28.9 Å². The maximum atomic E-state index is 11.0. The van der Waals surface area contributed by atoms with Crippen molar-refractivity contribution in [2.24, 2.45) is 0 Å². The molecule has 0 aliphatic heterocycles. The summed E-state index contributed by atoms with van der Waals surface area (Å²) in [5.41, 5.74) is 5.40. The molecule has 0 bridgehead atoms. The van der Waals surface area contributed by atoms with E-state index in [1.54, 1.807) is 12.1 Å². The third-order valence-electron chi connectivity index (χ3n) is 2.32. The Balaban J connectivity index is 2.48. The third-order valence-corrected chi connectivity index (χ3v) is 4.09. The van der Waals surface area contributed by atoms with Crippen LogP contribution in [0, 0.1) is 10.1 Å². The SMILES string of the molecule is Nc1ncnc(Nc2ccc(Br)c(Cl)c2Cl)c1[N+](=O)[O-]. The molecule has 0 radical (unpaired) electrons. The van der Waals surface area contributed by atoms with E-state index in [-0.39, 0.29) is 21.7 Å². The summed E-state index contributed by atoms with van der Waals surface area (Å²) in [6.07, 6.45) is 1.11. The number of nitrogen functional groups attached to an aromatic ring is 1. The molecule has 3 N–H and O–H groups in total. The fourth-order valence-electron chi connectivity index (χ4n) is 1.41. The van der Waals surface area contributed by atoms with E-state index in [0.717, 1.165) is 6.33 Å². The summed E-state index contributed by atoms with van der Waals surface area (Å²) < 4.78 is 0.603. The van der Waals surface area contributed by atoms with Crippen molar-refractivity contribution in [3.05, 3.63) is 43.1 Å². The number of nitro groups is 1. The van der Waals surface area contributed by atoms with Crippen LogP contribution in [0.25, 0.3) is 0 Å². The highest BCUT2D eigenvalue weighted by molar-refractivity contribution is 9.10. The Morgan fingerprint density at radius 3 is 2.65 bits per heavy atom. The first-order valence-electron chi connectivity index (χ1n) is 5.07. The fourth-order valence-corrected chi connectivity index (χ4v) is 2.24. The molecule has 0 saturated heterocycles. The summed E-state index contributed by atoms with van der Waals surface area (Å²) in [5, 5.41) is 14.2. The number of rotatable bonds is 3. The van der Waals surface area contributed by atoms with Crippen LogP contribution < -0.4 is 11.1 Å². The topological polar surface area (TPSA) is 107 Å². The van der Waals surface area contributed by atoms with Crippen LogP contribution in [0.3, 0.4) is 0 Å². The molecule has 0 aliphatic rings.